The number of nitrogens with one attached hydrogen (secondary N) is 1. The number of aryl methyl sites for hydroxylation is 2. The van der Waals surface area contributed by atoms with E-state index in [1.54, 1.807) is 0 Å². The fourth-order valence-corrected chi connectivity index (χ4v) is 2.03. The van der Waals surface area contributed by atoms with Crippen molar-refractivity contribution in [3.05, 3.63) is 29.3 Å². The second-order valence-electron chi connectivity index (χ2n) is 6.96. The predicted octanol–water partition coefficient (Wildman–Crippen LogP) is 3.31. The van der Waals surface area contributed by atoms with Crippen molar-refractivity contribution in [3.8, 4) is 5.75 Å². The van der Waals surface area contributed by atoms with E-state index in [1.165, 1.54) is 0 Å². The molecule has 0 heterocycles. The molecule has 3 nitrogen and oxygen atoms in total. The summed E-state index contributed by atoms with van der Waals surface area (Å²) in [7, 11) is 0. The van der Waals surface area contributed by atoms with Gasteiger partial charge in [0.2, 0.25) is 0 Å². The molecule has 0 radical (unpaired) electrons. The molecule has 0 fully saturated rings. The third-order valence-electron chi connectivity index (χ3n) is 4.35. The molecule has 0 aliphatic carbocycles. The fourth-order valence-electron chi connectivity index (χ4n) is 2.03. The van der Waals surface area contributed by atoms with Gasteiger partial charge in [-0.05, 0) is 36.3 Å². The molecule has 1 rings (SSSR count). The maximum absolute atomic E-state index is 10.0. The molecule has 0 spiro atoms. The van der Waals surface area contributed by atoms with Gasteiger partial charge in [-0.1, -0.05) is 45.9 Å². The van der Waals surface area contributed by atoms with Gasteiger partial charge in [0, 0.05) is 13.1 Å². The first kappa shape index (κ1) is 18.0. The number of ether oxygens (including phenoxy) is 1. The summed E-state index contributed by atoms with van der Waals surface area (Å²) in [5.74, 6) is 1.49. The van der Waals surface area contributed by atoms with Crippen molar-refractivity contribution in [1.82, 2.24) is 5.32 Å². The highest BCUT2D eigenvalue weighted by Crippen LogP contribution is 2.24. The normalized spacial score (nSPS) is 13.5. The van der Waals surface area contributed by atoms with Crippen LogP contribution >= 0.6 is 0 Å². The summed E-state index contributed by atoms with van der Waals surface area (Å²) < 4.78 is 5.77. The van der Waals surface area contributed by atoms with Crippen LogP contribution in [0.5, 0.6) is 5.75 Å². The van der Waals surface area contributed by atoms with E-state index < -0.39 is 6.10 Å². The summed E-state index contributed by atoms with van der Waals surface area (Å²) in [5, 5.41) is 13.4. The van der Waals surface area contributed by atoms with Crippen molar-refractivity contribution in [2.24, 2.45) is 11.3 Å². The quantitative estimate of drug-likeness (QED) is 0.772. The zero-order valence-electron chi connectivity index (χ0n) is 14.4. The van der Waals surface area contributed by atoms with E-state index in [2.05, 4.69) is 33.0 Å². The van der Waals surface area contributed by atoms with Crippen LogP contribution in [0.2, 0.25) is 0 Å². The molecule has 1 aromatic carbocycles. The molecule has 21 heavy (non-hydrogen) atoms. The van der Waals surface area contributed by atoms with Gasteiger partial charge in [-0.3, -0.25) is 0 Å². The highest BCUT2D eigenvalue weighted by molar-refractivity contribution is 5.39. The van der Waals surface area contributed by atoms with E-state index in [9.17, 15) is 5.11 Å². The second kappa shape index (κ2) is 7.81. The molecule has 1 aromatic rings. The van der Waals surface area contributed by atoms with Crippen LogP contribution < -0.4 is 10.1 Å². The van der Waals surface area contributed by atoms with E-state index in [0.29, 0.717) is 19.1 Å². The molecule has 0 aliphatic rings. The molecular formula is C18H31NO2. The molecule has 1 atom stereocenters. The molecule has 0 aromatic heterocycles. The van der Waals surface area contributed by atoms with Crippen molar-refractivity contribution in [3.63, 3.8) is 0 Å². The Morgan fingerprint density at radius 3 is 2.29 bits per heavy atom. The van der Waals surface area contributed by atoms with Crippen molar-refractivity contribution in [1.29, 1.82) is 0 Å². The maximum atomic E-state index is 10.0. The molecule has 1 unspecified atom stereocenters. The van der Waals surface area contributed by atoms with Crippen LogP contribution in [0.25, 0.3) is 0 Å². The lowest BCUT2D eigenvalue weighted by Gasteiger charge is -2.30. The van der Waals surface area contributed by atoms with Crippen LogP contribution in [0, 0.1) is 25.2 Å². The molecule has 3 heteroatoms. The molecule has 0 saturated heterocycles. The van der Waals surface area contributed by atoms with E-state index in [0.717, 1.165) is 23.4 Å². The third-order valence-corrected chi connectivity index (χ3v) is 4.35. The van der Waals surface area contributed by atoms with Gasteiger partial charge in [0.15, 0.2) is 0 Å². The van der Waals surface area contributed by atoms with Gasteiger partial charge in [0.05, 0.1) is 0 Å². The van der Waals surface area contributed by atoms with Crippen LogP contribution in [-0.4, -0.2) is 30.9 Å². The zero-order valence-corrected chi connectivity index (χ0v) is 14.4. The Morgan fingerprint density at radius 1 is 1.19 bits per heavy atom. The topological polar surface area (TPSA) is 41.5 Å². The van der Waals surface area contributed by atoms with Crippen LogP contribution in [0.4, 0.5) is 0 Å². The Labute approximate surface area is 129 Å². The first-order valence-electron chi connectivity index (χ1n) is 7.82. The highest BCUT2D eigenvalue weighted by Gasteiger charge is 2.22. The number of para-hydroxylation sites is 1. The minimum absolute atomic E-state index is 0.229. The maximum Gasteiger partial charge on any atom is 0.125 e. The standard InChI is InChI=1S/C18H31NO2/c1-13(2)18(5,6)12-19-10-16(20)11-21-17-14(3)8-7-9-15(17)4/h7-9,13,16,19-20H,10-12H2,1-6H3. The highest BCUT2D eigenvalue weighted by atomic mass is 16.5. The molecule has 0 bridgehead atoms. The number of hydrogen-bond acceptors (Lipinski definition) is 3. The molecule has 0 saturated carbocycles. The minimum Gasteiger partial charge on any atom is -0.490 e. The SMILES string of the molecule is Cc1cccc(C)c1OCC(O)CNCC(C)(C)C(C)C. The molecular weight excluding hydrogens is 262 g/mol. The number of aliphatic hydroxyl groups is 1. The average molecular weight is 293 g/mol. The smallest absolute Gasteiger partial charge is 0.125 e. The number of benzene rings is 1. The molecule has 120 valence electrons. The number of hydrogen-bond donors (Lipinski definition) is 2. The molecule has 0 aliphatic heterocycles. The average Bonchev–Trinajstić information content (AvgIpc) is 2.37. The summed E-state index contributed by atoms with van der Waals surface area (Å²) in [5.41, 5.74) is 2.44. The summed E-state index contributed by atoms with van der Waals surface area (Å²) in [4.78, 5) is 0. The van der Waals surface area contributed by atoms with Gasteiger partial charge in [0.25, 0.3) is 0 Å². The summed E-state index contributed by atoms with van der Waals surface area (Å²) in [6.07, 6.45) is -0.494. The van der Waals surface area contributed by atoms with E-state index in [4.69, 9.17) is 4.74 Å². The van der Waals surface area contributed by atoms with E-state index in [-0.39, 0.29) is 5.41 Å². The third kappa shape index (κ3) is 5.68. The van der Waals surface area contributed by atoms with Gasteiger partial charge in [-0.15, -0.1) is 0 Å². The van der Waals surface area contributed by atoms with Gasteiger partial charge >= 0.3 is 0 Å². The van der Waals surface area contributed by atoms with Crippen LogP contribution in [0.15, 0.2) is 18.2 Å². The Kier molecular flexibility index (Phi) is 6.69. The Morgan fingerprint density at radius 2 is 1.76 bits per heavy atom. The fraction of sp³-hybridized carbons (Fsp3) is 0.667. The van der Waals surface area contributed by atoms with Gasteiger partial charge in [0.1, 0.15) is 18.5 Å². The first-order valence-corrected chi connectivity index (χ1v) is 7.82. The Bertz CT molecular complexity index is 421. The Hall–Kier alpha value is -1.06. The zero-order chi connectivity index (χ0) is 16.0. The summed E-state index contributed by atoms with van der Waals surface area (Å²) in [6.45, 7) is 14.8. The van der Waals surface area contributed by atoms with Crippen molar-refractivity contribution >= 4 is 0 Å². The van der Waals surface area contributed by atoms with Crippen molar-refractivity contribution < 1.29 is 9.84 Å². The second-order valence-corrected chi connectivity index (χ2v) is 6.96. The largest absolute Gasteiger partial charge is 0.490 e. The Balaban J connectivity index is 2.37. The number of aliphatic hydroxyl groups excluding tert-OH is 1. The first-order chi connectivity index (χ1) is 9.74. The van der Waals surface area contributed by atoms with Gasteiger partial charge in [-0.2, -0.15) is 0 Å². The molecule has 2 N–H and O–H groups in total. The predicted molar refractivity (Wildman–Crippen MR) is 88.9 cm³/mol. The van der Waals surface area contributed by atoms with Gasteiger partial charge in [-0.25, -0.2) is 0 Å². The van der Waals surface area contributed by atoms with Gasteiger partial charge < -0.3 is 15.2 Å². The van der Waals surface area contributed by atoms with Crippen LogP contribution in [0.1, 0.15) is 38.8 Å². The van der Waals surface area contributed by atoms with Crippen LogP contribution in [0.3, 0.4) is 0 Å². The lowest BCUT2D eigenvalue weighted by atomic mass is 9.81. The van der Waals surface area contributed by atoms with Crippen molar-refractivity contribution in [2.75, 3.05) is 19.7 Å². The summed E-state index contributed by atoms with van der Waals surface area (Å²) >= 11 is 0. The van der Waals surface area contributed by atoms with Crippen molar-refractivity contribution in [2.45, 2.75) is 47.6 Å². The monoisotopic (exact) mass is 293 g/mol. The number of rotatable bonds is 8. The van der Waals surface area contributed by atoms with Crippen LogP contribution in [-0.2, 0) is 0 Å². The van der Waals surface area contributed by atoms with E-state index >= 15 is 0 Å². The lowest BCUT2D eigenvalue weighted by Crippen LogP contribution is -2.39. The molecule has 0 amide bonds. The summed E-state index contributed by atoms with van der Waals surface area (Å²) in [6, 6.07) is 6.07. The minimum atomic E-state index is -0.494. The lowest BCUT2D eigenvalue weighted by molar-refractivity contribution is 0.101. The van der Waals surface area contributed by atoms with E-state index in [1.807, 2.05) is 32.0 Å².